The Morgan fingerprint density at radius 3 is 3.00 bits per heavy atom. The second-order valence-electron chi connectivity index (χ2n) is 3.74. The normalized spacial score (nSPS) is 24.3. The maximum absolute atomic E-state index is 5.80. The largest absolute Gasteiger partial charge is 0.374 e. The summed E-state index contributed by atoms with van der Waals surface area (Å²) in [6.07, 6.45) is 6.00. The van der Waals surface area contributed by atoms with Gasteiger partial charge in [0.05, 0.1) is 12.7 Å². The zero-order chi connectivity index (χ0) is 8.97. The lowest BCUT2D eigenvalue weighted by Crippen LogP contribution is -2.22. The molecule has 0 radical (unpaired) electrons. The van der Waals surface area contributed by atoms with Gasteiger partial charge in [-0.05, 0) is 38.7 Å². The third-order valence-corrected chi connectivity index (χ3v) is 2.09. The molecule has 1 rings (SSSR count). The minimum absolute atomic E-state index is 0.268. The molecule has 0 aromatic heterocycles. The number of nitrogens with two attached hydrogens (primary N) is 1. The summed E-state index contributed by atoms with van der Waals surface area (Å²) in [5.74, 6) is 0. The van der Waals surface area contributed by atoms with Crippen LogP contribution in [0.3, 0.4) is 0 Å². The topological polar surface area (TPSA) is 35.2 Å². The number of hydrogen-bond donors (Lipinski definition) is 1. The number of hydrogen-bond acceptors (Lipinski definition) is 2. The third kappa shape index (κ3) is 3.37. The van der Waals surface area contributed by atoms with Crippen molar-refractivity contribution in [2.24, 2.45) is 5.73 Å². The molecule has 2 N–H and O–H groups in total. The molecule has 2 nitrogen and oxygen atoms in total. The predicted octanol–water partition coefficient (Wildman–Crippen LogP) is 1.85. The van der Waals surface area contributed by atoms with Gasteiger partial charge in [0.25, 0.3) is 0 Å². The van der Waals surface area contributed by atoms with Crippen LogP contribution in [0.5, 0.6) is 0 Å². The van der Waals surface area contributed by atoms with E-state index < -0.39 is 0 Å². The van der Waals surface area contributed by atoms with E-state index in [1.54, 1.807) is 0 Å². The maximum atomic E-state index is 5.80. The second kappa shape index (κ2) is 4.63. The summed E-state index contributed by atoms with van der Waals surface area (Å²) in [7, 11) is 0. The zero-order valence-corrected chi connectivity index (χ0v) is 8.05. The van der Waals surface area contributed by atoms with Gasteiger partial charge < -0.3 is 10.5 Å². The molecule has 0 spiro atoms. The first-order valence-electron chi connectivity index (χ1n) is 4.75. The van der Waals surface area contributed by atoms with Crippen molar-refractivity contribution in [1.29, 1.82) is 0 Å². The highest BCUT2D eigenvalue weighted by atomic mass is 16.5. The van der Waals surface area contributed by atoms with Crippen molar-refractivity contribution in [1.82, 2.24) is 0 Å². The van der Waals surface area contributed by atoms with E-state index in [1.807, 2.05) is 0 Å². The molecular weight excluding hydrogens is 150 g/mol. The van der Waals surface area contributed by atoms with Crippen molar-refractivity contribution in [3.63, 3.8) is 0 Å². The van der Waals surface area contributed by atoms with Crippen LogP contribution in [-0.2, 0) is 4.74 Å². The summed E-state index contributed by atoms with van der Waals surface area (Å²) in [5, 5.41) is 0. The van der Waals surface area contributed by atoms with Crippen molar-refractivity contribution in [2.75, 3.05) is 6.61 Å². The first-order valence-corrected chi connectivity index (χ1v) is 4.75. The average molecular weight is 169 g/mol. The Labute approximate surface area is 74.8 Å². The second-order valence-corrected chi connectivity index (χ2v) is 3.74. The van der Waals surface area contributed by atoms with Crippen LogP contribution in [0.25, 0.3) is 0 Å². The van der Waals surface area contributed by atoms with Crippen LogP contribution in [0, 0.1) is 0 Å². The average Bonchev–Trinajstić information content (AvgIpc) is 2.01. The molecule has 12 heavy (non-hydrogen) atoms. The van der Waals surface area contributed by atoms with Crippen molar-refractivity contribution < 1.29 is 4.74 Å². The SMILES string of the molecule is CC(C)OCC1=CC(N)CCC1. The highest BCUT2D eigenvalue weighted by Gasteiger charge is 2.09. The Hall–Kier alpha value is -0.340. The molecule has 1 aliphatic carbocycles. The van der Waals surface area contributed by atoms with Gasteiger partial charge in [0.2, 0.25) is 0 Å². The molecule has 2 heteroatoms. The maximum Gasteiger partial charge on any atom is 0.0680 e. The highest BCUT2D eigenvalue weighted by Crippen LogP contribution is 2.17. The van der Waals surface area contributed by atoms with E-state index in [1.165, 1.54) is 18.4 Å². The van der Waals surface area contributed by atoms with Crippen LogP contribution in [0.2, 0.25) is 0 Å². The summed E-state index contributed by atoms with van der Waals surface area (Å²) in [5.41, 5.74) is 7.18. The van der Waals surface area contributed by atoms with Gasteiger partial charge in [0, 0.05) is 6.04 Å². The molecule has 0 amide bonds. The molecule has 0 aromatic carbocycles. The lowest BCUT2D eigenvalue weighted by Gasteiger charge is -2.18. The molecule has 0 saturated carbocycles. The summed E-state index contributed by atoms with van der Waals surface area (Å²) in [6.45, 7) is 4.89. The lowest BCUT2D eigenvalue weighted by molar-refractivity contribution is 0.0948. The van der Waals surface area contributed by atoms with Crippen LogP contribution in [0.1, 0.15) is 33.1 Å². The van der Waals surface area contributed by atoms with Gasteiger partial charge in [-0.1, -0.05) is 6.08 Å². The van der Waals surface area contributed by atoms with Gasteiger partial charge in [-0.2, -0.15) is 0 Å². The fraction of sp³-hybridized carbons (Fsp3) is 0.800. The van der Waals surface area contributed by atoms with Gasteiger partial charge in [-0.25, -0.2) is 0 Å². The van der Waals surface area contributed by atoms with E-state index in [2.05, 4.69) is 19.9 Å². The van der Waals surface area contributed by atoms with Crippen molar-refractivity contribution >= 4 is 0 Å². The monoisotopic (exact) mass is 169 g/mol. The molecular formula is C10H19NO. The lowest BCUT2D eigenvalue weighted by atomic mass is 9.97. The van der Waals surface area contributed by atoms with E-state index in [-0.39, 0.29) is 6.04 Å². The van der Waals surface area contributed by atoms with E-state index in [0.29, 0.717) is 6.10 Å². The highest BCUT2D eigenvalue weighted by molar-refractivity contribution is 5.10. The fourth-order valence-electron chi connectivity index (χ4n) is 1.43. The summed E-state index contributed by atoms with van der Waals surface area (Å²) < 4.78 is 5.51. The first kappa shape index (κ1) is 9.75. The van der Waals surface area contributed by atoms with Gasteiger partial charge in [-0.3, -0.25) is 0 Å². The Bertz CT molecular complexity index is 163. The van der Waals surface area contributed by atoms with E-state index >= 15 is 0 Å². The van der Waals surface area contributed by atoms with Gasteiger partial charge in [0.15, 0.2) is 0 Å². The van der Waals surface area contributed by atoms with Gasteiger partial charge in [0.1, 0.15) is 0 Å². The van der Waals surface area contributed by atoms with E-state index in [9.17, 15) is 0 Å². The van der Waals surface area contributed by atoms with E-state index in [0.717, 1.165) is 13.0 Å². The quantitative estimate of drug-likeness (QED) is 0.654. The van der Waals surface area contributed by atoms with Crippen LogP contribution >= 0.6 is 0 Å². The zero-order valence-electron chi connectivity index (χ0n) is 8.05. The Kier molecular flexibility index (Phi) is 3.76. The van der Waals surface area contributed by atoms with Crippen molar-refractivity contribution in [2.45, 2.75) is 45.3 Å². The third-order valence-electron chi connectivity index (χ3n) is 2.09. The van der Waals surface area contributed by atoms with Crippen LogP contribution in [0.4, 0.5) is 0 Å². The summed E-state index contributed by atoms with van der Waals surface area (Å²) >= 11 is 0. The molecule has 1 atom stereocenters. The summed E-state index contributed by atoms with van der Waals surface area (Å²) in [6, 6.07) is 0.268. The molecule has 0 bridgehead atoms. The van der Waals surface area contributed by atoms with Crippen LogP contribution < -0.4 is 5.73 Å². The van der Waals surface area contributed by atoms with Crippen LogP contribution in [0.15, 0.2) is 11.6 Å². The predicted molar refractivity (Wildman–Crippen MR) is 51.0 cm³/mol. The Morgan fingerprint density at radius 2 is 2.42 bits per heavy atom. The molecule has 0 saturated heterocycles. The molecule has 0 aromatic rings. The Balaban J connectivity index is 2.30. The Morgan fingerprint density at radius 1 is 1.67 bits per heavy atom. The van der Waals surface area contributed by atoms with Gasteiger partial charge in [-0.15, -0.1) is 0 Å². The molecule has 0 aliphatic heterocycles. The fourth-order valence-corrected chi connectivity index (χ4v) is 1.43. The molecule has 1 unspecified atom stereocenters. The smallest absolute Gasteiger partial charge is 0.0680 e. The minimum Gasteiger partial charge on any atom is -0.374 e. The molecule has 70 valence electrons. The minimum atomic E-state index is 0.268. The van der Waals surface area contributed by atoms with Crippen molar-refractivity contribution in [3.8, 4) is 0 Å². The standard InChI is InChI=1S/C10H19NO/c1-8(2)12-7-9-4-3-5-10(11)6-9/h6,8,10H,3-5,7,11H2,1-2H3. The molecule has 0 heterocycles. The van der Waals surface area contributed by atoms with E-state index in [4.69, 9.17) is 10.5 Å². The van der Waals surface area contributed by atoms with Crippen molar-refractivity contribution in [3.05, 3.63) is 11.6 Å². The molecule has 1 aliphatic rings. The first-order chi connectivity index (χ1) is 5.68. The van der Waals surface area contributed by atoms with Gasteiger partial charge >= 0.3 is 0 Å². The molecule has 0 fully saturated rings. The van der Waals surface area contributed by atoms with Crippen LogP contribution in [-0.4, -0.2) is 18.8 Å². The number of rotatable bonds is 3. The number of ether oxygens (including phenoxy) is 1. The summed E-state index contributed by atoms with van der Waals surface area (Å²) in [4.78, 5) is 0.